The molecule has 1 heterocycles. The Bertz CT molecular complexity index is 838. The molecule has 1 N–H and O–H groups in total. The number of alkyl halides is 3. The highest BCUT2D eigenvalue weighted by molar-refractivity contribution is 5.84. The lowest BCUT2D eigenvalue weighted by Gasteiger charge is -2.44. The lowest BCUT2D eigenvalue weighted by molar-refractivity contribution is -0.140. The maximum Gasteiger partial charge on any atom is 0.416 e. The highest BCUT2D eigenvalue weighted by Crippen LogP contribution is 2.32. The fourth-order valence-corrected chi connectivity index (χ4v) is 3.66. The third kappa shape index (κ3) is 4.25. The topological polar surface area (TPSA) is 43.8 Å². The molecule has 3 rings (SSSR count). The quantitative estimate of drug-likeness (QED) is 0.889. The predicted octanol–water partition coefficient (Wildman–Crippen LogP) is 3.27. The number of piperazine rings is 1. The fourth-order valence-electron chi connectivity index (χ4n) is 3.66. The molecule has 2 atom stereocenters. The molecule has 1 aliphatic rings. The van der Waals surface area contributed by atoms with Crippen molar-refractivity contribution in [3.05, 3.63) is 47.5 Å². The maximum atomic E-state index is 12.8. The molecule has 1 aliphatic heterocycles. The Kier molecular flexibility index (Phi) is 5.44. The molecule has 2 aromatic carbocycles. The second-order valence-electron chi connectivity index (χ2n) is 7.23. The lowest BCUT2D eigenvalue weighted by Crippen LogP contribution is -2.58. The van der Waals surface area contributed by atoms with Crippen LogP contribution in [0.15, 0.2) is 36.4 Å². The molecule has 0 saturated carbocycles. The van der Waals surface area contributed by atoms with E-state index in [4.69, 9.17) is 5.11 Å². The Morgan fingerprint density at radius 2 is 1.74 bits per heavy atom. The number of aliphatic hydroxyl groups is 1. The summed E-state index contributed by atoms with van der Waals surface area (Å²) in [7, 11) is 0. The summed E-state index contributed by atoms with van der Waals surface area (Å²) in [5, 5.41) is 10.4. The molecule has 7 heteroatoms. The van der Waals surface area contributed by atoms with Crippen LogP contribution in [0, 0.1) is 0 Å². The Morgan fingerprint density at radius 3 is 2.41 bits per heavy atom. The zero-order valence-electron chi connectivity index (χ0n) is 15.3. The van der Waals surface area contributed by atoms with Gasteiger partial charge in [-0.05, 0) is 48.4 Å². The van der Waals surface area contributed by atoms with Crippen molar-refractivity contribution in [2.75, 3.05) is 19.7 Å². The molecule has 4 nitrogen and oxygen atoms in total. The molecule has 1 unspecified atom stereocenters. The van der Waals surface area contributed by atoms with Gasteiger partial charge in [-0.3, -0.25) is 9.69 Å². The number of hydrogen-bond donors (Lipinski definition) is 1. The van der Waals surface area contributed by atoms with Crippen LogP contribution in [0.2, 0.25) is 0 Å². The summed E-state index contributed by atoms with van der Waals surface area (Å²) in [5.74, 6) is -0.264. The molecule has 1 amide bonds. The van der Waals surface area contributed by atoms with E-state index in [9.17, 15) is 18.0 Å². The first-order valence-electron chi connectivity index (χ1n) is 8.93. The standard InChI is InChI=1S/C20H23F3N2O2/c1-13-10-25(19(27)12-26)14(2)9-24(13)11-15-3-4-17-8-18(20(21,22)23)6-5-16(17)7-15/h3-8,13-14,26H,9-12H2,1-2H3/t13-,14?/m0/s1. The summed E-state index contributed by atoms with van der Waals surface area (Å²) in [6, 6.07) is 9.39. The minimum atomic E-state index is -4.34. The van der Waals surface area contributed by atoms with Crippen LogP contribution in [-0.4, -0.2) is 52.6 Å². The average Bonchev–Trinajstić information content (AvgIpc) is 2.62. The molecular weight excluding hydrogens is 357 g/mol. The van der Waals surface area contributed by atoms with Crippen LogP contribution in [0.1, 0.15) is 25.0 Å². The van der Waals surface area contributed by atoms with Crippen LogP contribution >= 0.6 is 0 Å². The number of hydrogen-bond acceptors (Lipinski definition) is 3. The molecule has 2 aromatic rings. The van der Waals surface area contributed by atoms with Gasteiger partial charge < -0.3 is 10.0 Å². The van der Waals surface area contributed by atoms with Crippen molar-refractivity contribution in [1.82, 2.24) is 9.80 Å². The Balaban J connectivity index is 1.76. The number of benzene rings is 2. The SMILES string of the molecule is CC1CN(Cc2ccc3cc(C(F)(F)F)ccc3c2)[C@@H](C)CN1C(=O)CO. The molecule has 0 spiro atoms. The number of rotatable bonds is 3. The van der Waals surface area contributed by atoms with Crippen molar-refractivity contribution in [3.63, 3.8) is 0 Å². The summed E-state index contributed by atoms with van der Waals surface area (Å²) < 4.78 is 38.5. The van der Waals surface area contributed by atoms with Crippen LogP contribution in [0.4, 0.5) is 13.2 Å². The van der Waals surface area contributed by atoms with Crippen LogP contribution in [-0.2, 0) is 17.5 Å². The fraction of sp³-hybridized carbons (Fsp3) is 0.450. The minimum absolute atomic E-state index is 0.00403. The Hall–Kier alpha value is -2.12. The molecule has 1 saturated heterocycles. The van der Waals surface area contributed by atoms with Crippen molar-refractivity contribution in [2.45, 2.75) is 38.7 Å². The number of amides is 1. The molecule has 0 radical (unpaired) electrons. The normalized spacial score (nSPS) is 21.6. The van der Waals surface area contributed by atoms with Gasteiger partial charge in [0.1, 0.15) is 6.61 Å². The van der Waals surface area contributed by atoms with Crippen LogP contribution in [0.3, 0.4) is 0 Å². The summed E-state index contributed by atoms with van der Waals surface area (Å²) in [4.78, 5) is 15.8. The van der Waals surface area contributed by atoms with Gasteiger partial charge in [0, 0.05) is 31.7 Å². The van der Waals surface area contributed by atoms with E-state index in [0.717, 1.165) is 17.0 Å². The first-order chi connectivity index (χ1) is 12.7. The second-order valence-corrected chi connectivity index (χ2v) is 7.23. The minimum Gasteiger partial charge on any atom is -0.387 e. The van der Waals surface area contributed by atoms with E-state index in [2.05, 4.69) is 4.90 Å². The first-order valence-corrected chi connectivity index (χ1v) is 8.93. The summed E-state index contributed by atoms with van der Waals surface area (Å²) in [6.07, 6.45) is -4.34. The predicted molar refractivity (Wildman–Crippen MR) is 97.1 cm³/mol. The van der Waals surface area contributed by atoms with E-state index < -0.39 is 18.3 Å². The highest BCUT2D eigenvalue weighted by Gasteiger charge is 2.32. The van der Waals surface area contributed by atoms with E-state index in [1.165, 1.54) is 12.1 Å². The van der Waals surface area contributed by atoms with E-state index >= 15 is 0 Å². The van der Waals surface area contributed by atoms with Crippen molar-refractivity contribution >= 4 is 16.7 Å². The highest BCUT2D eigenvalue weighted by atomic mass is 19.4. The number of carbonyl (C=O) groups excluding carboxylic acids is 1. The van der Waals surface area contributed by atoms with E-state index in [0.29, 0.717) is 25.0 Å². The van der Waals surface area contributed by atoms with Crippen LogP contribution in [0.5, 0.6) is 0 Å². The van der Waals surface area contributed by atoms with Gasteiger partial charge in [-0.15, -0.1) is 0 Å². The smallest absolute Gasteiger partial charge is 0.387 e. The van der Waals surface area contributed by atoms with Gasteiger partial charge in [-0.1, -0.05) is 18.2 Å². The first kappa shape index (κ1) is 19.6. The van der Waals surface area contributed by atoms with Gasteiger partial charge in [0.2, 0.25) is 5.91 Å². The molecule has 27 heavy (non-hydrogen) atoms. The number of nitrogens with zero attached hydrogens (tertiary/aromatic N) is 2. The van der Waals surface area contributed by atoms with Crippen LogP contribution in [0.25, 0.3) is 10.8 Å². The lowest BCUT2D eigenvalue weighted by atomic mass is 10.0. The van der Waals surface area contributed by atoms with Gasteiger partial charge in [0.25, 0.3) is 0 Å². The zero-order valence-corrected chi connectivity index (χ0v) is 15.3. The van der Waals surface area contributed by atoms with Crippen LogP contribution < -0.4 is 0 Å². The number of aliphatic hydroxyl groups excluding tert-OH is 1. The average molecular weight is 380 g/mol. The van der Waals surface area contributed by atoms with Crippen molar-refractivity contribution < 1.29 is 23.1 Å². The number of fused-ring (bicyclic) bond motifs is 1. The van der Waals surface area contributed by atoms with Gasteiger partial charge in [0.15, 0.2) is 0 Å². The van der Waals surface area contributed by atoms with Gasteiger partial charge in [0.05, 0.1) is 5.56 Å². The summed E-state index contributed by atoms with van der Waals surface area (Å²) >= 11 is 0. The third-order valence-corrected chi connectivity index (χ3v) is 5.19. The van der Waals surface area contributed by atoms with Gasteiger partial charge in [-0.2, -0.15) is 13.2 Å². The second kappa shape index (κ2) is 7.48. The van der Waals surface area contributed by atoms with E-state index in [-0.39, 0.29) is 18.0 Å². The molecule has 0 bridgehead atoms. The Morgan fingerprint density at radius 1 is 1.07 bits per heavy atom. The number of carbonyl (C=O) groups is 1. The van der Waals surface area contributed by atoms with Crippen molar-refractivity contribution in [3.8, 4) is 0 Å². The third-order valence-electron chi connectivity index (χ3n) is 5.19. The molecular formula is C20H23F3N2O2. The zero-order chi connectivity index (χ0) is 19.8. The van der Waals surface area contributed by atoms with Gasteiger partial charge in [-0.25, -0.2) is 0 Å². The maximum absolute atomic E-state index is 12.8. The Labute approximate surface area is 156 Å². The van der Waals surface area contributed by atoms with Gasteiger partial charge >= 0.3 is 6.18 Å². The largest absolute Gasteiger partial charge is 0.416 e. The van der Waals surface area contributed by atoms with E-state index in [1.807, 2.05) is 26.0 Å². The molecule has 0 aromatic heterocycles. The summed E-state index contributed by atoms with van der Waals surface area (Å²) in [6.45, 7) is 5.37. The van der Waals surface area contributed by atoms with Crippen molar-refractivity contribution in [2.24, 2.45) is 0 Å². The molecule has 146 valence electrons. The van der Waals surface area contributed by atoms with E-state index in [1.54, 1.807) is 11.0 Å². The molecule has 0 aliphatic carbocycles. The molecule has 1 fully saturated rings. The monoisotopic (exact) mass is 380 g/mol. The number of halogens is 3. The summed E-state index contributed by atoms with van der Waals surface area (Å²) in [5.41, 5.74) is 0.373. The van der Waals surface area contributed by atoms with Crippen molar-refractivity contribution in [1.29, 1.82) is 0 Å².